The van der Waals surface area contributed by atoms with Crippen molar-refractivity contribution in [3.8, 4) is 11.8 Å². The van der Waals surface area contributed by atoms with Crippen molar-refractivity contribution in [2.24, 2.45) is 0 Å². The molecule has 1 unspecified atom stereocenters. The van der Waals surface area contributed by atoms with Crippen LogP contribution in [0.25, 0.3) is 10.9 Å². The third-order valence-corrected chi connectivity index (χ3v) is 9.64. The van der Waals surface area contributed by atoms with Gasteiger partial charge in [0.05, 0.1) is 29.4 Å². The molecule has 1 aromatic carbocycles. The number of piperidine rings is 1. The lowest BCUT2D eigenvalue weighted by Gasteiger charge is -2.38. The van der Waals surface area contributed by atoms with Crippen LogP contribution in [0.2, 0.25) is 11.1 Å². The van der Waals surface area contributed by atoms with Gasteiger partial charge in [0, 0.05) is 44.9 Å². The number of anilines is 1. The standard InChI is InChI=1S/C29H37F3N6OSi/c1-19-22(15-38(35-19)27(2,3)4)26(39)33-12-7-8-20-14-21-23(9-6-10-24(21)37(20)17-29(30,31)32)34-25-11-13-36(5)16-28(25)18-40-28/h6,9-10,14-15,19,25,34-35H,11-13,16-18H2,1-5H3,(H,33,39)/t19?,25-,28+/m1/s1. The topological polar surface area (TPSA) is 64.6 Å². The third-order valence-electron chi connectivity index (χ3n) is 7.87. The summed E-state index contributed by atoms with van der Waals surface area (Å²) < 4.78 is 42.0. The van der Waals surface area contributed by atoms with E-state index in [0.29, 0.717) is 17.1 Å². The van der Waals surface area contributed by atoms with Crippen LogP contribution in [0.1, 0.15) is 39.8 Å². The number of fused-ring (bicyclic) bond motifs is 1. The lowest BCUT2D eigenvalue weighted by Crippen LogP contribution is -2.46. The summed E-state index contributed by atoms with van der Waals surface area (Å²) >= 11 is 0. The number of amides is 1. The Morgan fingerprint density at radius 1 is 1.27 bits per heavy atom. The molecule has 0 aliphatic carbocycles. The monoisotopic (exact) mass is 570 g/mol. The van der Waals surface area contributed by atoms with E-state index in [0.717, 1.165) is 40.1 Å². The van der Waals surface area contributed by atoms with Crippen LogP contribution in [0, 0.1) is 11.8 Å². The molecule has 3 aliphatic rings. The molecule has 3 N–H and O–H groups in total. The Labute approximate surface area is 236 Å². The lowest BCUT2D eigenvalue weighted by atomic mass is 9.93. The summed E-state index contributed by atoms with van der Waals surface area (Å²) in [4.78, 5) is 15.1. The van der Waals surface area contributed by atoms with Crippen molar-refractivity contribution in [2.75, 3.05) is 32.0 Å². The number of carbonyl (C=O) groups excluding carboxylic acids is 1. The fourth-order valence-corrected chi connectivity index (χ4v) is 7.03. The van der Waals surface area contributed by atoms with Crippen molar-refractivity contribution in [1.82, 2.24) is 25.2 Å². The molecule has 214 valence electrons. The van der Waals surface area contributed by atoms with Gasteiger partial charge in [-0.3, -0.25) is 4.79 Å². The molecule has 3 aliphatic heterocycles. The summed E-state index contributed by atoms with van der Waals surface area (Å²) in [5, 5.41) is 9.39. The maximum Gasteiger partial charge on any atom is 0.406 e. The van der Waals surface area contributed by atoms with E-state index < -0.39 is 12.7 Å². The molecule has 2 saturated heterocycles. The van der Waals surface area contributed by atoms with E-state index in [1.165, 1.54) is 10.6 Å². The molecule has 1 aromatic heterocycles. The average molecular weight is 571 g/mol. The molecule has 40 heavy (non-hydrogen) atoms. The number of carbonyl (C=O) groups is 1. The van der Waals surface area contributed by atoms with Gasteiger partial charge in [0.25, 0.3) is 5.91 Å². The first-order valence-electron chi connectivity index (χ1n) is 13.7. The fourth-order valence-electron chi connectivity index (χ4n) is 5.60. The number of rotatable bonds is 5. The van der Waals surface area contributed by atoms with Crippen molar-refractivity contribution >= 4 is 32.0 Å². The summed E-state index contributed by atoms with van der Waals surface area (Å²) in [6.45, 7) is 8.96. The molecule has 4 heterocycles. The van der Waals surface area contributed by atoms with Gasteiger partial charge in [-0.1, -0.05) is 18.0 Å². The SMILES string of the molecule is CC1NN(C(C)(C)C)C=C1C(=O)NCC#Cc1cc2c(N[C@@H]3CCN(C)C[C@]34C[Si]4)cccc2n1CC(F)(F)F. The fraction of sp³-hybridized carbons (Fsp3) is 0.552. The minimum absolute atomic E-state index is 0.0239. The quantitative estimate of drug-likeness (QED) is 0.375. The summed E-state index contributed by atoms with van der Waals surface area (Å²) in [5.41, 5.74) is 5.26. The molecular formula is C29H37F3N6OSi. The average Bonchev–Trinajstić information content (AvgIpc) is 3.35. The highest BCUT2D eigenvalue weighted by atomic mass is 28.2. The van der Waals surface area contributed by atoms with Gasteiger partial charge in [0.15, 0.2) is 0 Å². The molecule has 2 aromatic rings. The summed E-state index contributed by atoms with van der Waals surface area (Å²) in [6, 6.07) is 8.54. The third kappa shape index (κ3) is 6.04. The van der Waals surface area contributed by atoms with Crippen LogP contribution in [-0.4, -0.2) is 80.4 Å². The van der Waals surface area contributed by atoms with E-state index in [9.17, 15) is 18.0 Å². The highest BCUT2D eigenvalue weighted by Crippen LogP contribution is 2.54. The Balaban J connectivity index is 1.36. The van der Waals surface area contributed by atoms with Crippen LogP contribution in [0.5, 0.6) is 0 Å². The first kappa shape index (κ1) is 28.6. The number of halogens is 3. The van der Waals surface area contributed by atoms with Crippen molar-refractivity contribution < 1.29 is 18.0 Å². The van der Waals surface area contributed by atoms with Gasteiger partial charge in [-0.15, -0.1) is 0 Å². The van der Waals surface area contributed by atoms with Gasteiger partial charge in [0.1, 0.15) is 6.54 Å². The molecule has 3 atom stereocenters. The maximum absolute atomic E-state index is 13.6. The number of hydrazine groups is 1. The molecule has 2 radical (unpaired) electrons. The molecule has 2 fully saturated rings. The van der Waals surface area contributed by atoms with Crippen molar-refractivity contribution in [1.29, 1.82) is 0 Å². The zero-order valence-corrected chi connectivity index (χ0v) is 24.7. The number of nitrogens with zero attached hydrogens (tertiary/aromatic N) is 3. The largest absolute Gasteiger partial charge is 0.406 e. The van der Waals surface area contributed by atoms with Crippen molar-refractivity contribution in [3.05, 3.63) is 41.7 Å². The number of alkyl halides is 3. The molecule has 7 nitrogen and oxygen atoms in total. The molecule has 0 bridgehead atoms. The predicted molar refractivity (Wildman–Crippen MR) is 153 cm³/mol. The Kier molecular flexibility index (Phi) is 7.48. The summed E-state index contributed by atoms with van der Waals surface area (Å²) in [6.07, 6.45) is -1.60. The summed E-state index contributed by atoms with van der Waals surface area (Å²) in [5.74, 6) is 5.52. The van der Waals surface area contributed by atoms with Crippen LogP contribution in [0.3, 0.4) is 0 Å². The molecule has 1 spiro atoms. The minimum Gasteiger partial charge on any atom is -0.381 e. The number of likely N-dealkylation sites (tertiary alicyclic amines) is 1. The van der Waals surface area contributed by atoms with Gasteiger partial charge >= 0.3 is 6.18 Å². The van der Waals surface area contributed by atoms with Gasteiger partial charge < -0.3 is 25.1 Å². The zero-order valence-electron chi connectivity index (χ0n) is 23.7. The smallest absolute Gasteiger partial charge is 0.381 e. The maximum atomic E-state index is 13.6. The molecular weight excluding hydrogens is 533 g/mol. The molecule has 1 amide bonds. The first-order chi connectivity index (χ1) is 18.8. The first-order valence-corrected chi connectivity index (χ1v) is 14.9. The molecule has 11 heteroatoms. The Bertz CT molecular complexity index is 1380. The number of hydrogen-bond donors (Lipinski definition) is 3. The normalized spacial score (nSPS) is 25.1. The van der Waals surface area contributed by atoms with E-state index in [1.807, 2.05) is 38.8 Å². The summed E-state index contributed by atoms with van der Waals surface area (Å²) in [7, 11) is 3.06. The molecule has 0 saturated carbocycles. The minimum atomic E-state index is -4.40. The number of aromatic nitrogens is 1. The van der Waals surface area contributed by atoms with Crippen LogP contribution < -0.4 is 16.1 Å². The number of benzene rings is 1. The van der Waals surface area contributed by atoms with Crippen LogP contribution in [-0.2, 0) is 11.3 Å². The molecule has 5 rings (SSSR count). The predicted octanol–water partition coefficient (Wildman–Crippen LogP) is 3.97. The van der Waals surface area contributed by atoms with Crippen LogP contribution in [0.4, 0.5) is 18.9 Å². The van der Waals surface area contributed by atoms with E-state index >= 15 is 0 Å². The highest BCUT2D eigenvalue weighted by molar-refractivity contribution is 6.54. The van der Waals surface area contributed by atoms with E-state index in [2.05, 4.69) is 39.8 Å². The zero-order chi connectivity index (χ0) is 28.9. The van der Waals surface area contributed by atoms with Gasteiger partial charge in [0.2, 0.25) is 0 Å². The highest BCUT2D eigenvalue weighted by Gasteiger charge is 2.52. The number of hydrogen-bond acceptors (Lipinski definition) is 5. The van der Waals surface area contributed by atoms with Gasteiger partial charge in [-0.05, 0) is 76.9 Å². The lowest BCUT2D eigenvalue weighted by molar-refractivity contribution is -0.140. The van der Waals surface area contributed by atoms with Crippen LogP contribution in [0.15, 0.2) is 36.0 Å². The van der Waals surface area contributed by atoms with Crippen molar-refractivity contribution in [3.63, 3.8) is 0 Å². The van der Waals surface area contributed by atoms with E-state index in [1.54, 1.807) is 24.4 Å². The Morgan fingerprint density at radius 2 is 2.02 bits per heavy atom. The van der Waals surface area contributed by atoms with Gasteiger partial charge in [-0.2, -0.15) is 13.2 Å². The Morgan fingerprint density at radius 3 is 2.67 bits per heavy atom. The second-order valence-corrected chi connectivity index (χ2v) is 13.9. The second kappa shape index (κ2) is 10.5. The number of nitrogens with one attached hydrogen (secondary N) is 3. The Hall–Kier alpha value is -2.94. The van der Waals surface area contributed by atoms with Crippen LogP contribution >= 0.6 is 0 Å². The van der Waals surface area contributed by atoms with E-state index in [-0.39, 0.29) is 34.8 Å². The second-order valence-electron chi connectivity index (χ2n) is 12.2. The van der Waals surface area contributed by atoms with Crippen molar-refractivity contribution in [2.45, 2.75) is 75.5 Å². The van der Waals surface area contributed by atoms with E-state index in [4.69, 9.17) is 0 Å². The van der Waals surface area contributed by atoms with Gasteiger partial charge in [-0.25, -0.2) is 5.43 Å².